The third-order valence-corrected chi connectivity index (χ3v) is 4.92. The van der Waals surface area contributed by atoms with Crippen molar-refractivity contribution in [2.45, 2.75) is 12.8 Å². The molecular weight excluding hydrogens is 392 g/mol. The highest BCUT2D eigenvalue weighted by molar-refractivity contribution is 5.92. The minimum Gasteiger partial charge on any atom is -0.456 e. The van der Waals surface area contributed by atoms with E-state index in [1.54, 1.807) is 11.0 Å². The predicted molar refractivity (Wildman–Crippen MR) is 120 cm³/mol. The second-order valence-corrected chi connectivity index (χ2v) is 7.13. The third kappa shape index (κ3) is 7.26. The van der Waals surface area contributed by atoms with Gasteiger partial charge in [0.2, 0.25) is 5.91 Å². The van der Waals surface area contributed by atoms with E-state index in [4.69, 9.17) is 4.74 Å². The number of amides is 2. The zero-order valence-electron chi connectivity index (χ0n) is 17.3. The molecule has 2 aromatic rings. The smallest absolute Gasteiger partial charge is 0.308 e. The summed E-state index contributed by atoms with van der Waals surface area (Å²) < 4.78 is 5.06. The Kier molecular flexibility index (Phi) is 8.17. The molecule has 0 fully saturated rings. The van der Waals surface area contributed by atoms with E-state index >= 15 is 0 Å². The lowest BCUT2D eigenvalue weighted by atomic mass is 10.00. The van der Waals surface area contributed by atoms with Gasteiger partial charge in [0.1, 0.15) is 0 Å². The van der Waals surface area contributed by atoms with Crippen LogP contribution in [-0.4, -0.2) is 48.9 Å². The van der Waals surface area contributed by atoms with Gasteiger partial charge in [0.25, 0.3) is 5.91 Å². The van der Waals surface area contributed by atoms with Gasteiger partial charge < -0.3 is 15.0 Å². The fourth-order valence-electron chi connectivity index (χ4n) is 3.20. The van der Waals surface area contributed by atoms with Crippen molar-refractivity contribution < 1.29 is 19.1 Å². The minimum absolute atomic E-state index is 0.0102. The number of nitrogens with zero attached hydrogens (tertiary/aromatic N) is 1. The van der Waals surface area contributed by atoms with Gasteiger partial charge in [-0.1, -0.05) is 66.7 Å². The Morgan fingerprint density at radius 3 is 2.39 bits per heavy atom. The quantitative estimate of drug-likeness (QED) is 0.528. The van der Waals surface area contributed by atoms with Crippen LogP contribution >= 0.6 is 0 Å². The van der Waals surface area contributed by atoms with Crippen molar-refractivity contribution in [2.75, 3.05) is 26.2 Å². The maximum absolute atomic E-state index is 12.3. The van der Waals surface area contributed by atoms with Crippen LogP contribution in [0.1, 0.15) is 24.0 Å². The molecule has 0 saturated carbocycles. The maximum atomic E-state index is 12.3. The molecule has 3 rings (SSSR count). The van der Waals surface area contributed by atoms with Gasteiger partial charge in [0.15, 0.2) is 6.61 Å². The number of hydrogen-bond donors (Lipinski definition) is 1. The fraction of sp³-hybridized carbons (Fsp3) is 0.240. The van der Waals surface area contributed by atoms with Crippen LogP contribution in [0.25, 0.3) is 11.6 Å². The van der Waals surface area contributed by atoms with E-state index < -0.39 is 5.97 Å². The third-order valence-electron chi connectivity index (χ3n) is 4.92. The summed E-state index contributed by atoms with van der Waals surface area (Å²) >= 11 is 0. The zero-order chi connectivity index (χ0) is 21.9. The topological polar surface area (TPSA) is 75.7 Å². The van der Waals surface area contributed by atoms with Crippen molar-refractivity contribution in [1.29, 1.82) is 0 Å². The van der Waals surface area contributed by atoms with E-state index in [2.05, 4.69) is 17.4 Å². The number of hydrogen-bond acceptors (Lipinski definition) is 4. The highest BCUT2D eigenvalue weighted by atomic mass is 16.5. The Morgan fingerprint density at radius 1 is 1.00 bits per heavy atom. The number of esters is 1. The molecule has 0 saturated heterocycles. The SMILES string of the molecule is O=C(/C=C/c1ccccc1)NCCC(=O)OCC(=O)N1CC=C(c2ccccc2)CC1. The summed E-state index contributed by atoms with van der Waals surface area (Å²) in [5.74, 6) is -1.02. The predicted octanol–water partition coefficient (Wildman–Crippen LogP) is 3.07. The molecule has 2 aromatic carbocycles. The molecule has 0 atom stereocenters. The molecule has 2 amide bonds. The highest BCUT2D eigenvalue weighted by Gasteiger charge is 2.19. The molecule has 6 nitrogen and oxygen atoms in total. The zero-order valence-corrected chi connectivity index (χ0v) is 17.3. The molecule has 0 spiro atoms. The van der Waals surface area contributed by atoms with Gasteiger partial charge in [0.05, 0.1) is 6.42 Å². The molecule has 6 heteroatoms. The lowest BCUT2D eigenvalue weighted by molar-refractivity contribution is -0.151. The van der Waals surface area contributed by atoms with Crippen molar-refractivity contribution >= 4 is 29.4 Å². The molecule has 1 N–H and O–H groups in total. The monoisotopic (exact) mass is 418 g/mol. The van der Waals surface area contributed by atoms with Gasteiger partial charge in [-0.2, -0.15) is 0 Å². The van der Waals surface area contributed by atoms with E-state index in [-0.39, 0.29) is 31.4 Å². The Balaban J connectivity index is 1.32. The molecule has 0 aliphatic carbocycles. The lowest BCUT2D eigenvalue weighted by Gasteiger charge is -2.26. The van der Waals surface area contributed by atoms with Crippen molar-refractivity contribution in [1.82, 2.24) is 10.2 Å². The maximum Gasteiger partial charge on any atom is 0.308 e. The van der Waals surface area contributed by atoms with Gasteiger partial charge in [-0.3, -0.25) is 14.4 Å². The number of benzene rings is 2. The van der Waals surface area contributed by atoms with Crippen LogP contribution in [0, 0.1) is 0 Å². The average Bonchev–Trinajstić information content (AvgIpc) is 2.82. The first-order chi connectivity index (χ1) is 15.1. The molecule has 160 valence electrons. The summed E-state index contributed by atoms with van der Waals surface area (Å²) in [5, 5.41) is 2.63. The largest absolute Gasteiger partial charge is 0.456 e. The summed E-state index contributed by atoms with van der Waals surface area (Å²) in [5.41, 5.74) is 3.31. The van der Waals surface area contributed by atoms with Crippen molar-refractivity contribution in [3.8, 4) is 0 Å². The first-order valence-corrected chi connectivity index (χ1v) is 10.3. The molecule has 1 aliphatic rings. The summed E-state index contributed by atoms with van der Waals surface area (Å²) in [4.78, 5) is 37.6. The molecule has 31 heavy (non-hydrogen) atoms. The Morgan fingerprint density at radius 2 is 1.71 bits per heavy atom. The first kappa shape index (κ1) is 22.0. The number of nitrogens with one attached hydrogen (secondary N) is 1. The van der Waals surface area contributed by atoms with Crippen LogP contribution in [-0.2, 0) is 19.1 Å². The van der Waals surface area contributed by atoms with Crippen molar-refractivity contribution in [3.63, 3.8) is 0 Å². The van der Waals surface area contributed by atoms with Crippen LogP contribution in [0.5, 0.6) is 0 Å². The molecular formula is C25H26N2O4. The highest BCUT2D eigenvalue weighted by Crippen LogP contribution is 2.21. The number of carbonyl (C=O) groups is 3. The second-order valence-electron chi connectivity index (χ2n) is 7.13. The number of rotatable bonds is 8. The molecule has 1 heterocycles. The Labute approximate surface area is 182 Å². The number of carbonyl (C=O) groups excluding carboxylic acids is 3. The van der Waals surface area contributed by atoms with E-state index in [0.717, 1.165) is 12.0 Å². The van der Waals surface area contributed by atoms with Crippen LogP contribution < -0.4 is 5.32 Å². The van der Waals surface area contributed by atoms with Gasteiger partial charge >= 0.3 is 5.97 Å². The lowest BCUT2D eigenvalue weighted by Crippen LogP contribution is -2.37. The normalized spacial score (nSPS) is 13.5. The first-order valence-electron chi connectivity index (χ1n) is 10.3. The van der Waals surface area contributed by atoms with E-state index in [1.165, 1.54) is 17.2 Å². The summed E-state index contributed by atoms with van der Waals surface area (Å²) in [6.45, 7) is 0.971. The molecule has 0 bridgehead atoms. The molecule has 1 aliphatic heterocycles. The molecule has 0 aromatic heterocycles. The van der Waals surface area contributed by atoms with E-state index in [9.17, 15) is 14.4 Å². The van der Waals surface area contributed by atoms with E-state index in [0.29, 0.717) is 13.1 Å². The molecule has 0 unspecified atom stereocenters. The molecule has 0 radical (unpaired) electrons. The summed E-state index contributed by atoms with van der Waals surface area (Å²) in [6, 6.07) is 19.5. The van der Waals surface area contributed by atoms with Crippen LogP contribution in [0.15, 0.2) is 72.8 Å². The standard InChI is InChI=1S/C25H26N2O4/c28-23(12-11-20-7-3-1-4-8-20)26-16-13-25(30)31-19-24(29)27-17-14-22(15-18-27)21-9-5-2-6-10-21/h1-12,14H,13,15-19H2,(H,26,28)/b12-11+. The van der Waals surface area contributed by atoms with E-state index in [1.807, 2.05) is 54.6 Å². The average molecular weight is 418 g/mol. The Bertz CT molecular complexity index is 952. The fourth-order valence-corrected chi connectivity index (χ4v) is 3.20. The Hall–Kier alpha value is -3.67. The summed E-state index contributed by atoms with van der Waals surface area (Å²) in [7, 11) is 0. The number of ether oxygens (including phenoxy) is 1. The van der Waals surface area contributed by atoms with Gasteiger partial charge in [-0.25, -0.2) is 0 Å². The van der Waals surface area contributed by atoms with Crippen LogP contribution in [0.3, 0.4) is 0 Å². The van der Waals surface area contributed by atoms with Crippen LogP contribution in [0.4, 0.5) is 0 Å². The summed E-state index contributed by atoms with van der Waals surface area (Å²) in [6.07, 6.45) is 5.93. The van der Waals surface area contributed by atoms with Crippen molar-refractivity contribution in [3.05, 3.63) is 83.9 Å². The second kappa shape index (κ2) is 11.5. The van der Waals surface area contributed by atoms with Gasteiger partial charge in [0, 0.05) is 25.7 Å². The van der Waals surface area contributed by atoms with Crippen LogP contribution in [0.2, 0.25) is 0 Å². The van der Waals surface area contributed by atoms with Gasteiger partial charge in [-0.05, 0) is 29.2 Å². The van der Waals surface area contributed by atoms with Gasteiger partial charge in [-0.15, -0.1) is 0 Å². The van der Waals surface area contributed by atoms with Crippen molar-refractivity contribution in [2.24, 2.45) is 0 Å². The minimum atomic E-state index is -0.516.